The number of hydrogen-bond donors (Lipinski definition) is 0. The maximum absolute atomic E-state index is 6.57. The molecule has 0 radical (unpaired) electrons. The summed E-state index contributed by atoms with van der Waals surface area (Å²) in [6, 6.07) is 0. The van der Waals surface area contributed by atoms with Crippen LogP contribution in [0.4, 0.5) is 0 Å². The quantitative estimate of drug-likeness (QED) is 0.121. The molecule has 0 N–H and O–H groups in total. The van der Waals surface area contributed by atoms with Crippen molar-refractivity contribution in [3.8, 4) is 0 Å². The van der Waals surface area contributed by atoms with Gasteiger partial charge in [-0.1, -0.05) is 104 Å². The van der Waals surface area contributed by atoms with Gasteiger partial charge in [-0.2, -0.15) is 0 Å². The molecule has 226 valence electrons. The van der Waals surface area contributed by atoms with Crippen LogP contribution in [0.15, 0.2) is 0 Å². The number of ether oxygens (including phenoxy) is 6. The van der Waals surface area contributed by atoms with Gasteiger partial charge in [-0.3, -0.25) is 0 Å². The number of hydrogen-bond acceptors (Lipinski definition) is 6. The Morgan fingerprint density at radius 1 is 0.526 bits per heavy atom. The molecular weight excluding hydrogens is 480 g/mol. The lowest BCUT2D eigenvalue weighted by Gasteiger charge is -2.34. The van der Waals surface area contributed by atoms with Crippen LogP contribution in [-0.4, -0.2) is 62.4 Å². The first-order valence-corrected chi connectivity index (χ1v) is 16.1. The van der Waals surface area contributed by atoms with Gasteiger partial charge in [0.15, 0.2) is 11.6 Å². The second-order valence-corrected chi connectivity index (χ2v) is 12.4. The van der Waals surface area contributed by atoms with Gasteiger partial charge in [-0.15, -0.1) is 0 Å². The van der Waals surface area contributed by atoms with Crippen molar-refractivity contribution >= 4 is 0 Å². The molecule has 2 aliphatic rings. The molecule has 0 aromatic carbocycles. The van der Waals surface area contributed by atoms with E-state index >= 15 is 0 Å². The van der Waals surface area contributed by atoms with Gasteiger partial charge in [-0.25, -0.2) is 0 Å². The smallest absolute Gasteiger partial charge is 0.163 e. The van der Waals surface area contributed by atoms with Crippen LogP contribution in [0.2, 0.25) is 0 Å². The predicted molar refractivity (Wildman–Crippen MR) is 155 cm³/mol. The van der Waals surface area contributed by atoms with E-state index in [1.54, 1.807) is 0 Å². The standard InChI is InChI=1S/C32H62O6/c1-7-9-11-13-15-17-19-21-23-33-29(27-25-35-31(3,4)37-27)30(28-26-36-32(5,6)38-28)34-24-22-20-18-16-14-12-10-8-2/h27-30H,7-26H2,1-6H3/t27-,28-,29-,30-/m1/s1. The maximum atomic E-state index is 6.57. The van der Waals surface area contributed by atoms with E-state index in [1.165, 1.54) is 89.9 Å². The summed E-state index contributed by atoms with van der Waals surface area (Å²) in [7, 11) is 0. The van der Waals surface area contributed by atoms with Gasteiger partial charge in [-0.05, 0) is 40.5 Å². The first-order valence-electron chi connectivity index (χ1n) is 16.1. The second kappa shape index (κ2) is 19.0. The third-order valence-corrected chi connectivity index (χ3v) is 7.73. The summed E-state index contributed by atoms with van der Waals surface area (Å²) in [5.74, 6) is -1.22. The normalized spacial score (nSPS) is 24.2. The lowest BCUT2D eigenvalue weighted by molar-refractivity contribution is -0.204. The largest absolute Gasteiger partial charge is 0.373 e. The molecule has 2 fully saturated rings. The zero-order chi connectivity index (χ0) is 27.7. The van der Waals surface area contributed by atoms with Crippen molar-refractivity contribution in [1.29, 1.82) is 0 Å². The van der Waals surface area contributed by atoms with Crippen molar-refractivity contribution in [2.75, 3.05) is 26.4 Å². The van der Waals surface area contributed by atoms with Crippen LogP contribution in [-0.2, 0) is 28.4 Å². The molecule has 6 nitrogen and oxygen atoms in total. The Morgan fingerprint density at radius 3 is 1.13 bits per heavy atom. The molecule has 38 heavy (non-hydrogen) atoms. The van der Waals surface area contributed by atoms with Gasteiger partial charge in [0, 0.05) is 13.2 Å². The zero-order valence-corrected chi connectivity index (χ0v) is 25.9. The van der Waals surface area contributed by atoms with Crippen molar-refractivity contribution in [3.05, 3.63) is 0 Å². The van der Waals surface area contributed by atoms with Crippen LogP contribution in [0.25, 0.3) is 0 Å². The Hall–Kier alpha value is -0.240. The average Bonchev–Trinajstić information content (AvgIpc) is 3.42. The third kappa shape index (κ3) is 13.9. The van der Waals surface area contributed by atoms with Gasteiger partial charge in [0.1, 0.15) is 24.4 Å². The van der Waals surface area contributed by atoms with Gasteiger partial charge >= 0.3 is 0 Å². The molecule has 2 rings (SSSR count). The molecule has 0 aromatic heterocycles. The molecule has 0 spiro atoms. The summed E-state index contributed by atoms with van der Waals surface area (Å²) in [5, 5.41) is 0. The van der Waals surface area contributed by atoms with E-state index < -0.39 is 11.6 Å². The topological polar surface area (TPSA) is 55.4 Å². The average molecular weight is 543 g/mol. The molecule has 6 heteroatoms. The molecule has 0 bridgehead atoms. The third-order valence-electron chi connectivity index (χ3n) is 7.73. The van der Waals surface area contributed by atoms with Crippen LogP contribution in [0.1, 0.15) is 144 Å². The van der Waals surface area contributed by atoms with Gasteiger partial charge in [0.25, 0.3) is 0 Å². The molecule has 2 aliphatic heterocycles. The first-order chi connectivity index (χ1) is 18.3. The molecular formula is C32H62O6. The van der Waals surface area contributed by atoms with Crippen LogP contribution in [0.5, 0.6) is 0 Å². The number of rotatable bonds is 23. The minimum Gasteiger partial charge on any atom is -0.373 e. The summed E-state index contributed by atoms with van der Waals surface area (Å²) in [5.41, 5.74) is 0. The summed E-state index contributed by atoms with van der Waals surface area (Å²) < 4.78 is 37.7. The highest BCUT2D eigenvalue weighted by Crippen LogP contribution is 2.33. The highest BCUT2D eigenvalue weighted by molar-refractivity contribution is 4.91. The van der Waals surface area contributed by atoms with E-state index in [4.69, 9.17) is 28.4 Å². The Bertz CT molecular complexity index is 530. The molecule has 0 aromatic rings. The minimum atomic E-state index is -0.612. The van der Waals surface area contributed by atoms with E-state index in [0.29, 0.717) is 26.4 Å². The zero-order valence-electron chi connectivity index (χ0n) is 25.9. The molecule has 0 unspecified atom stereocenters. The fourth-order valence-electron chi connectivity index (χ4n) is 5.49. The van der Waals surface area contributed by atoms with Crippen molar-refractivity contribution in [3.63, 3.8) is 0 Å². The van der Waals surface area contributed by atoms with Crippen molar-refractivity contribution in [2.45, 2.75) is 180 Å². The van der Waals surface area contributed by atoms with Crippen molar-refractivity contribution < 1.29 is 28.4 Å². The van der Waals surface area contributed by atoms with Gasteiger partial charge < -0.3 is 28.4 Å². The van der Waals surface area contributed by atoms with Gasteiger partial charge in [0.05, 0.1) is 13.2 Å². The van der Waals surface area contributed by atoms with E-state index in [9.17, 15) is 0 Å². The second-order valence-electron chi connectivity index (χ2n) is 12.4. The van der Waals surface area contributed by atoms with E-state index in [1.807, 2.05) is 27.7 Å². The predicted octanol–water partition coefficient (Wildman–Crippen LogP) is 8.34. The van der Waals surface area contributed by atoms with Crippen molar-refractivity contribution in [2.24, 2.45) is 0 Å². The summed E-state index contributed by atoms with van der Waals surface area (Å²) >= 11 is 0. The summed E-state index contributed by atoms with van der Waals surface area (Å²) in [4.78, 5) is 0. The SMILES string of the molecule is CCCCCCCCCCO[C@@H]([C@H](OCCCCCCCCCC)[C@H]1COC(C)(C)O1)[C@H]1COC(C)(C)O1. The number of unbranched alkanes of at least 4 members (excludes halogenated alkanes) is 14. The monoisotopic (exact) mass is 542 g/mol. The molecule has 2 saturated heterocycles. The van der Waals surface area contributed by atoms with Crippen LogP contribution >= 0.6 is 0 Å². The highest BCUT2D eigenvalue weighted by Gasteiger charge is 2.47. The fraction of sp³-hybridized carbons (Fsp3) is 1.00. The fourth-order valence-corrected chi connectivity index (χ4v) is 5.49. The van der Waals surface area contributed by atoms with Crippen LogP contribution in [0.3, 0.4) is 0 Å². The summed E-state index contributed by atoms with van der Waals surface area (Å²) in [6.45, 7) is 14.8. The van der Waals surface area contributed by atoms with Crippen molar-refractivity contribution in [1.82, 2.24) is 0 Å². The summed E-state index contributed by atoms with van der Waals surface area (Å²) in [6.07, 6.45) is 19.6. The lowest BCUT2D eigenvalue weighted by Crippen LogP contribution is -2.50. The Balaban J connectivity index is 1.89. The first kappa shape index (κ1) is 34.0. The Kier molecular flexibility index (Phi) is 17.0. The van der Waals surface area contributed by atoms with Gasteiger partial charge in [0.2, 0.25) is 0 Å². The molecule has 2 heterocycles. The van der Waals surface area contributed by atoms with Crippen LogP contribution < -0.4 is 0 Å². The van der Waals surface area contributed by atoms with Crippen LogP contribution in [0, 0.1) is 0 Å². The maximum Gasteiger partial charge on any atom is 0.163 e. The molecule has 0 saturated carbocycles. The highest BCUT2D eigenvalue weighted by atomic mass is 16.8. The molecule has 4 atom stereocenters. The van der Waals surface area contributed by atoms with E-state index in [0.717, 1.165) is 12.8 Å². The minimum absolute atomic E-state index is 0.185. The van der Waals surface area contributed by atoms with E-state index in [-0.39, 0.29) is 24.4 Å². The lowest BCUT2D eigenvalue weighted by atomic mass is 10.0. The Morgan fingerprint density at radius 2 is 0.842 bits per heavy atom. The molecule has 0 aliphatic carbocycles. The Labute approximate surface area is 235 Å². The molecule has 0 amide bonds. The van der Waals surface area contributed by atoms with E-state index in [2.05, 4.69) is 13.8 Å².